The van der Waals surface area contributed by atoms with Crippen molar-refractivity contribution in [2.75, 3.05) is 25.6 Å². The van der Waals surface area contributed by atoms with Crippen molar-refractivity contribution in [1.82, 2.24) is 4.90 Å². The zero-order valence-corrected chi connectivity index (χ0v) is 20.2. The summed E-state index contributed by atoms with van der Waals surface area (Å²) in [6.45, 7) is 10.1. The first-order valence-corrected chi connectivity index (χ1v) is 11.4. The Balaban J connectivity index is 1.63. The first kappa shape index (κ1) is 24.3. The van der Waals surface area contributed by atoms with Crippen molar-refractivity contribution in [3.8, 4) is 11.5 Å². The summed E-state index contributed by atoms with van der Waals surface area (Å²) >= 11 is 0. The average molecular weight is 447 g/mol. The van der Waals surface area contributed by atoms with Crippen molar-refractivity contribution < 1.29 is 14.3 Å². The molecule has 0 heterocycles. The Labute approximate surface area is 197 Å². The van der Waals surface area contributed by atoms with E-state index in [-0.39, 0.29) is 5.91 Å². The van der Waals surface area contributed by atoms with E-state index >= 15 is 0 Å². The van der Waals surface area contributed by atoms with E-state index in [1.165, 1.54) is 11.5 Å². The smallest absolute Gasteiger partial charge is 0.248 e. The zero-order chi connectivity index (χ0) is 23.8. The van der Waals surface area contributed by atoms with Crippen LogP contribution in [-0.2, 0) is 4.79 Å². The number of rotatable bonds is 10. The summed E-state index contributed by atoms with van der Waals surface area (Å²) in [6, 6.07) is 20.6. The van der Waals surface area contributed by atoms with Gasteiger partial charge in [-0.3, -0.25) is 9.69 Å². The number of amides is 1. The van der Waals surface area contributed by atoms with Gasteiger partial charge in [-0.15, -0.1) is 0 Å². The second-order valence-electron chi connectivity index (χ2n) is 8.57. The normalized spacial score (nSPS) is 11.6. The summed E-state index contributed by atoms with van der Waals surface area (Å²) < 4.78 is 11.4. The molecule has 0 aliphatic heterocycles. The van der Waals surface area contributed by atoms with E-state index in [0.29, 0.717) is 35.9 Å². The first-order valence-electron chi connectivity index (χ1n) is 11.4. The Hall–Kier alpha value is -3.31. The van der Waals surface area contributed by atoms with Crippen molar-refractivity contribution in [3.63, 3.8) is 0 Å². The topological polar surface area (TPSA) is 50.8 Å². The van der Waals surface area contributed by atoms with Gasteiger partial charge in [0.15, 0.2) is 11.5 Å². The van der Waals surface area contributed by atoms with Crippen LogP contribution in [0.15, 0.2) is 66.7 Å². The predicted octanol–water partition coefficient (Wildman–Crippen LogP) is 6.00. The Morgan fingerprint density at radius 3 is 2.36 bits per heavy atom. The van der Waals surface area contributed by atoms with Crippen LogP contribution in [0, 0.1) is 0 Å². The maximum absolute atomic E-state index is 12.5. The number of hydrogen-bond acceptors (Lipinski definition) is 4. The van der Waals surface area contributed by atoms with E-state index < -0.39 is 0 Å². The van der Waals surface area contributed by atoms with Gasteiger partial charge in [-0.05, 0) is 68.3 Å². The number of anilines is 1. The van der Waals surface area contributed by atoms with Gasteiger partial charge in [-0.25, -0.2) is 0 Å². The third kappa shape index (κ3) is 6.83. The largest absolute Gasteiger partial charge is 0.493 e. The maximum Gasteiger partial charge on any atom is 0.248 e. The van der Waals surface area contributed by atoms with Crippen molar-refractivity contribution in [2.45, 2.75) is 39.8 Å². The van der Waals surface area contributed by atoms with Gasteiger partial charge in [-0.1, -0.05) is 36.4 Å². The molecule has 1 N–H and O–H groups in total. The Morgan fingerprint density at radius 2 is 1.67 bits per heavy atom. The van der Waals surface area contributed by atoms with Gasteiger partial charge in [0.2, 0.25) is 5.91 Å². The van der Waals surface area contributed by atoms with Crippen LogP contribution in [-0.4, -0.2) is 43.2 Å². The Morgan fingerprint density at radius 1 is 0.939 bits per heavy atom. The summed E-state index contributed by atoms with van der Waals surface area (Å²) in [5.74, 6) is 1.05. The third-order valence-electron chi connectivity index (χ3n) is 5.57. The van der Waals surface area contributed by atoms with Gasteiger partial charge in [-0.2, -0.15) is 0 Å². The number of fused-ring (bicyclic) bond motifs is 1. The molecule has 0 atom stereocenters. The molecule has 0 radical (unpaired) electrons. The van der Waals surface area contributed by atoms with Gasteiger partial charge >= 0.3 is 0 Å². The van der Waals surface area contributed by atoms with E-state index in [9.17, 15) is 4.79 Å². The van der Waals surface area contributed by atoms with Crippen LogP contribution in [0.2, 0.25) is 0 Å². The summed E-state index contributed by atoms with van der Waals surface area (Å²) in [5.41, 5.74) is 1.63. The van der Waals surface area contributed by atoms with Crippen LogP contribution in [0.4, 0.5) is 5.69 Å². The first-order chi connectivity index (χ1) is 15.9. The monoisotopic (exact) mass is 446 g/mol. The fraction of sp³-hybridized carbons (Fsp3) is 0.321. The molecule has 0 spiro atoms. The number of carbonyl (C=O) groups excluding carboxylic acids is 1. The van der Waals surface area contributed by atoms with Crippen LogP contribution in [0.5, 0.6) is 11.5 Å². The summed E-state index contributed by atoms with van der Waals surface area (Å²) in [6.07, 6.45) is 3.35. The van der Waals surface area contributed by atoms with E-state index in [1.54, 1.807) is 19.2 Å². The average Bonchev–Trinajstić information content (AvgIpc) is 2.80. The molecule has 33 heavy (non-hydrogen) atoms. The quantitative estimate of drug-likeness (QED) is 0.388. The number of nitrogens with one attached hydrogen (secondary N) is 1. The summed E-state index contributed by atoms with van der Waals surface area (Å²) in [7, 11) is 1.61. The lowest BCUT2D eigenvalue weighted by atomic mass is 10.1. The van der Waals surface area contributed by atoms with Crippen LogP contribution in [0.25, 0.3) is 16.8 Å². The minimum Gasteiger partial charge on any atom is -0.493 e. The summed E-state index contributed by atoms with van der Waals surface area (Å²) in [5, 5.41) is 5.22. The minimum absolute atomic E-state index is 0.204. The fourth-order valence-corrected chi connectivity index (χ4v) is 3.91. The second-order valence-corrected chi connectivity index (χ2v) is 8.57. The van der Waals surface area contributed by atoms with E-state index in [0.717, 1.165) is 17.5 Å². The lowest BCUT2D eigenvalue weighted by Crippen LogP contribution is -2.39. The van der Waals surface area contributed by atoms with E-state index in [2.05, 4.69) is 62.2 Å². The fourth-order valence-electron chi connectivity index (χ4n) is 3.91. The number of carbonyl (C=O) groups is 1. The highest BCUT2D eigenvalue weighted by Gasteiger charge is 2.14. The summed E-state index contributed by atoms with van der Waals surface area (Å²) in [4.78, 5) is 14.9. The standard InChI is InChI=1S/C28H34N2O3/c1-20(2)30(21(3)4)16-17-33-27-19-25(13-14-26(27)32-5)29-28(31)15-11-22-10-12-23-8-6-7-9-24(23)18-22/h6-15,18-21H,16-17H2,1-5H3,(H,29,31). The van der Waals surface area contributed by atoms with Crippen LogP contribution in [0.3, 0.4) is 0 Å². The van der Waals surface area contributed by atoms with Gasteiger partial charge in [0.1, 0.15) is 6.61 Å². The van der Waals surface area contributed by atoms with Crippen molar-refractivity contribution in [3.05, 3.63) is 72.3 Å². The van der Waals surface area contributed by atoms with Crippen molar-refractivity contribution >= 4 is 28.4 Å². The highest BCUT2D eigenvalue weighted by Crippen LogP contribution is 2.30. The number of nitrogens with zero attached hydrogens (tertiary/aromatic N) is 1. The molecule has 1 amide bonds. The molecule has 174 valence electrons. The molecule has 0 saturated carbocycles. The molecular formula is C28H34N2O3. The molecule has 3 rings (SSSR count). The molecule has 0 saturated heterocycles. The minimum atomic E-state index is -0.204. The van der Waals surface area contributed by atoms with Crippen LogP contribution < -0.4 is 14.8 Å². The van der Waals surface area contributed by atoms with Gasteiger partial charge in [0.05, 0.1) is 7.11 Å². The van der Waals surface area contributed by atoms with Gasteiger partial charge in [0.25, 0.3) is 0 Å². The molecule has 0 aliphatic carbocycles. The lowest BCUT2D eigenvalue weighted by molar-refractivity contribution is -0.111. The molecule has 0 bridgehead atoms. The van der Waals surface area contributed by atoms with Crippen molar-refractivity contribution in [1.29, 1.82) is 0 Å². The van der Waals surface area contributed by atoms with Crippen LogP contribution >= 0.6 is 0 Å². The van der Waals surface area contributed by atoms with E-state index in [1.807, 2.05) is 30.3 Å². The number of methoxy groups -OCH3 is 1. The lowest BCUT2D eigenvalue weighted by Gasteiger charge is -2.30. The zero-order valence-electron chi connectivity index (χ0n) is 20.2. The SMILES string of the molecule is COc1ccc(NC(=O)C=Cc2ccc3ccccc3c2)cc1OCCN(C(C)C)C(C)C. The molecule has 0 aromatic heterocycles. The van der Waals surface area contributed by atoms with E-state index in [4.69, 9.17) is 9.47 Å². The maximum atomic E-state index is 12.5. The van der Waals surface area contributed by atoms with Crippen LogP contribution in [0.1, 0.15) is 33.3 Å². The van der Waals surface area contributed by atoms with Gasteiger partial charge in [0, 0.05) is 36.5 Å². The molecule has 0 unspecified atom stereocenters. The second kappa shape index (κ2) is 11.5. The Kier molecular flexibility index (Phi) is 8.50. The predicted molar refractivity (Wildman–Crippen MR) is 137 cm³/mol. The number of benzene rings is 3. The van der Waals surface area contributed by atoms with Crippen molar-refractivity contribution in [2.24, 2.45) is 0 Å². The Bertz CT molecular complexity index is 1100. The van der Waals surface area contributed by atoms with Gasteiger partial charge < -0.3 is 14.8 Å². The molecule has 3 aromatic rings. The molecule has 5 heteroatoms. The molecule has 0 fully saturated rings. The molecule has 5 nitrogen and oxygen atoms in total. The number of ether oxygens (including phenoxy) is 2. The molecular weight excluding hydrogens is 412 g/mol. The highest BCUT2D eigenvalue weighted by atomic mass is 16.5. The highest BCUT2D eigenvalue weighted by molar-refractivity contribution is 6.02. The number of hydrogen-bond donors (Lipinski definition) is 1. The molecule has 3 aromatic carbocycles. The molecule has 0 aliphatic rings. The third-order valence-corrected chi connectivity index (χ3v) is 5.57.